The Labute approximate surface area is 142 Å². The van der Waals surface area contributed by atoms with Crippen molar-refractivity contribution in [2.45, 2.75) is 17.7 Å². The summed E-state index contributed by atoms with van der Waals surface area (Å²) in [7, 11) is 0. The summed E-state index contributed by atoms with van der Waals surface area (Å²) in [6.45, 7) is 0. The zero-order chi connectivity index (χ0) is 18.5. The standard InChI is InChI=1S/C16H7ClF6O2/c17-13-9-1-2-10(25-8-4-6(18)3-7(19)5-8)12(15(20)21)11(9)14(24)16(13,22)23/h1-5,13,15H. The van der Waals surface area contributed by atoms with Crippen molar-refractivity contribution >= 4 is 17.4 Å². The molecule has 0 bridgehead atoms. The smallest absolute Gasteiger partial charge is 0.329 e. The van der Waals surface area contributed by atoms with Crippen LogP contribution in [0, 0.1) is 11.6 Å². The monoisotopic (exact) mass is 380 g/mol. The highest BCUT2D eigenvalue weighted by Gasteiger charge is 2.56. The van der Waals surface area contributed by atoms with Crippen molar-refractivity contribution in [3.63, 3.8) is 0 Å². The van der Waals surface area contributed by atoms with Crippen LogP contribution < -0.4 is 4.74 Å². The van der Waals surface area contributed by atoms with E-state index in [1.165, 1.54) is 0 Å². The second-order valence-electron chi connectivity index (χ2n) is 5.26. The Morgan fingerprint density at radius 2 is 1.68 bits per heavy atom. The van der Waals surface area contributed by atoms with Gasteiger partial charge in [-0.3, -0.25) is 4.79 Å². The van der Waals surface area contributed by atoms with E-state index in [0.717, 1.165) is 12.1 Å². The van der Waals surface area contributed by atoms with Crippen molar-refractivity contribution in [3.8, 4) is 11.5 Å². The van der Waals surface area contributed by atoms with Gasteiger partial charge in [0.25, 0.3) is 6.43 Å². The predicted octanol–water partition coefficient (Wildman–Crippen LogP) is 5.81. The molecule has 0 aliphatic heterocycles. The molecule has 0 radical (unpaired) electrons. The molecule has 132 valence electrons. The van der Waals surface area contributed by atoms with Crippen molar-refractivity contribution in [2.24, 2.45) is 0 Å². The molecule has 3 rings (SSSR count). The minimum Gasteiger partial charge on any atom is -0.457 e. The Morgan fingerprint density at radius 1 is 1.08 bits per heavy atom. The topological polar surface area (TPSA) is 26.3 Å². The van der Waals surface area contributed by atoms with Crippen LogP contribution in [0.4, 0.5) is 26.3 Å². The number of alkyl halides is 5. The van der Waals surface area contributed by atoms with Gasteiger partial charge in [-0.1, -0.05) is 6.07 Å². The molecule has 1 atom stereocenters. The molecule has 2 aromatic rings. The van der Waals surface area contributed by atoms with Gasteiger partial charge in [-0.2, -0.15) is 8.78 Å². The molecule has 2 aromatic carbocycles. The number of carbonyl (C=O) groups excluding carboxylic acids is 1. The lowest BCUT2D eigenvalue weighted by Crippen LogP contribution is -2.26. The maximum absolute atomic E-state index is 13.8. The van der Waals surface area contributed by atoms with E-state index in [0.29, 0.717) is 18.2 Å². The predicted molar refractivity (Wildman–Crippen MR) is 75.7 cm³/mol. The van der Waals surface area contributed by atoms with Crippen LogP contribution in [0.15, 0.2) is 30.3 Å². The van der Waals surface area contributed by atoms with Gasteiger partial charge >= 0.3 is 5.92 Å². The van der Waals surface area contributed by atoms with E-state index in [2.05, 4.69) is 0 Å². The van der Waals surface area contributed by atoms with Crippen molar-refractivity contribution in [1.82, 2.24) is 0 Å². The molecular weight excluding hydrogens is 374 g/mol. The van der Waals surface area contributed by atoms with Gasteiger partial charge < -0.3 is 4.74 Å². The van der Waals surface area contributed by atoms with Gasteiger partial charge in [0.15, 0.2) is 0 Å². The zero-order valence-corrected chi connectivity index (χ0v) is 12.8. The third-order valence-corrected chi connectivity index (χ3v) is 4.15. The quantitative estimate of drug-likeness (QED) is 0.496. The van der Waals surface area contributed by atoms with Gasteiger partial charge in [-0.05, 0) is 11.6 Å². The summed E-state index contributed by atoms with van der Waals surface area (Å²) in [6.07, 6.45) is -3.36. The minimum absolute atomic E-state index is 0.454. The van der Waals surface area contributed by atoms with Crippen molar-refractivity contribution < 1.29 is 35.9 Å². The van der Waals surface area contributed by atoms with Crippen LogP contribution in [0.2, 0.25) is 0 Å². The molecule has 9 heteroatoms. The Kier molecular flexibility index (Phi) is 4.18. The van der Waals surface area contributed by atoms with Gasteiger partial charge in [-0.15, -0.1) is 11.6 Å². The first-order chi connectivity index (χ1) is 11.6. The minimum atomic E-state index is -4.04. The fraction of sp³-hybridized carbons (Fsp3) is 0.188. The highest BCUT2D eigenvalue weighted by molar-refractivity contribution is 6.28. The number of rotatable bonds is 3. The Bertz CT molecular complexity index is 848. The van der Waals surface area contributed by atoms with Gasteiger partial charge in [-0.25, -0.2) is 17.6 Å². The van der Waals surface area contributed by atoms with Crippen LogP contribution in [0.5, 0.6) is 11.5 Å². The summed E-state index contributed by atoms with van der Waals surface area (Å²) >= 11 is 5.50. The van der Waals surface area contributed by atoms with Crippen LogP contribution in [0.25, 0.3) is 0 Å². The highest BCUT2D eigenvalue weighted by atomic mass is 35.5. The highest BCUT2D eigenvalue weighted by Crippen LogP contribution is 2.51. The van der Waals surface area contributed by atoms with Gasteiger partial charge in [0.1, 0.15) is 28.5 Å². The Morgan fingerprint density at radius 3 is 2.24 bits per heavy atom. The van der Waals surface area contributed by atoms with E-state index in [1.54, 1.807) is 0 Å². The second-order valence-corrected chi connectivity index (χ2v) is 5.70. The molecule has 0 aromatic heterocycles. The van der Waals surface area contributed by atoms with Crippen LogP contribution in [0.1, 0.15) is 33.3 Å². The number of ketones is 1. The maximum atomic E-state index is 13.8. The second kappa shape index (κ2) is 5.94. The summed E-state index contributed by atoms with van der Waals surface area (Å²) in [5.74, 6) is -9.10. The molecule has 0 fully saturated rings. The average Bonchev–Trinajstić information content (AvgIpc) is 2.67. The normalized spacial score (nSPS) is 18.6. The molecule has 0 saturated carbocycles. The van der Waals surface area contributed by atoms with E-state index in [1.807, 2.05) is 0 Å². The maximum Gasteiger partial charge on any atom is 0.329 e. The third-order valence-electron chi connectivity index (χ3n) is 3.64. The van der Waals surface area contributed by atoms with Crippen LogP contribution in [-0.2, 0) is 0 Å². The van der Waals surface area contributed by atoms with E-state index >= 15 is 0 Å². The SMILES string of the molecule is O=C1c2c(ccc(Oc3cc(F)cc(F)c3)c2C(F)F)C(Cl)C1(F)F. The molecule has 0 heterocycles. The van der Waals surface area contributed by atoms with Gasteiger partial charge in [0.05, 0.1) is 5.56 Å². The number of halogens is 7. The van der Waals surface area contributed by atoms with Gasteiger partial charge in [0, 0.05) is 23.8 Å². The fourth-order valence-corrected chi connectivity index (χ4v) is 2.86. The largest absolute Gasteiger partial charge is 0.457 e. The van der Waals surface area contributed by atoms with Crippen LogP contribution in [-0.4, -0.2) is 11.7 Å². The zero-order valence-electron chi connectivity index (χ0n) is 12.0. The molecule has 1 unspecified atom stereocenters. The lowest BCUT2D eigenvalue weighted by atomic mass is 10.0. The molecule has 25 heavy (non-hydrogen) atoms. The number of hydrogen-bond donors (Lipinski definition) is 0. The van der Waals surface area contributed by atoms with E-state index in [-0.39, 0.29) is 0 Å². The molecule has 2 nitrogen and oxygen atoms in total. The number of ether oxygens (including phenoxy) is 1. The fourth-order valence-electron chi connectivity index (χ4n) is 2.58. The van der Waals surface area contributed by atoms with Crippen LogP contribution in [0.3, 0.4) is 0 Å². The first-order valence-electron chi connectivity index (χ1n) is 6.78. The number of Topliss-reactive ketones (excluding diaryl/α,β-unsaturated/α-hetero) is 1. The molecule has 1 aliphatic rings. The first kappa shape index (κ1) is 17.6. The van der Waals surface area contributed by atoms with Gasteiger partial charge in [0.2, 0.25) is 5.78 Å². The summed E-state index contributed by atoms with van der Waals surface area (Å²) in [5, 5.41) is -2.09. The van der Waals surface area contributed by atoms with Crippen molar-refractivity contribution in [1.29, 1.82) is 0 Å². The lowest BCUT2D eigenvalue weighted by Gasteiger charge is -2.14. The summed E-state index contributed by atoms with van der Waals surface area (Å²) < 4.78 is 85.8. The molecule has 1 aliphatic carbocycles. The van der Waals surface area contributed by atoms with E-state index < -0.39 is 63.3 Å². The van der Waals surface area contributed by atoms with E-state index in [4.69, 9.17) is 16.3 Å². The summed E-state index contributed by atoms with van der Waals surface area (Å²) in [5.41, 5.74) is -2.49. The lowest BCUT2D eigenvalue weighted by molar-refractivity contribution is 0.0135. The Hall–Kier alpha value is -2.22. The molecule has 0 N–H and O–H groups in total. The van der Waals surface area contributed by atoms with Crippen molar-refractivity contribution in [2.75, 3.05) is 0 Å². The molecule has 0 saturated heterocycles. The van der Waals surface area contributed by atoms with Crippen molar-refractivity contribution in [3.05, 3.63) is 58.7 Å². The summed E-state index contributed by atoms with van der Waals surface area (Å²) in [4.78, 5) is 11.8. The number of carbonyl (C=O) groups is 1. The van der Waals surface area contributed by atoms with E-state index in [9.17, 15) is 31.1 Å². The molecule has 0 spiro atoms. The first-order valence-corrected chi connectivity index (χ1v) is 7.22. The third kappa shape index (κ3) is 2.84. The molecular formula is C16H7ClF6O2. The number of fused-ring (bicyclic) bond motifs is 1. The molecule has 0 amide bonds. The van der Waals surface area contributed by atoms with Crippen LogP contribution >= 0.6 is 11.6 Å². The number of benzene rings is 2. The average molecular weight is 381 g/mol. The summed E-state index contributed by atoms with van der Waals surface area (Å²) in [6, 6.07) is 3.81. The number of hydrogen-bond acceptors (Lipinski definition) is 2. The Balaban J connectivity index is 2.14.